The Bertz CT molecular complexity index is 751. The number of methoxy groups -OCH3 is 1. The van der Waals surface area contributed by atoms with Crippen LogP contribution in [-0.4, -0.2) is 24.9 Å². The molecule has 5 nitrogen and oxygen atoms in total. The molecule has 1 fully saturated rings. The van der Waals surface area contributed by atoms with E-state index in [1.54, 1.807) is 7.11 Å². The van der Waals surface area contributed by atoms with Gasteiger partial charge in [-0.2, -0.15) is 0 Å². The van der Waals surface area contributed by atoms with Gasteiger partial charge in [0, 0.05) is 24.3 Å². The second kappa shape index (κ2) is 7.39. The number of anilines is 1. The van der Waals surface area contributed by atoms with Crippen LogP contribution in [-0.2, 0) is 15.6 Å². The molecule has 0 saturated carbocycles. The van der Waals surface area contributed by atoms with Gasteiger partial charge in [0.25, 0.3) is 0 Å². The molecule has 128 valence electrons. The molecule has 1 aliphatic rings. The highest BCUT2D eigenvalue weighted by Gasteiger charge is 2.36. The van der Waals surface area contributed by atoms with E-state index in [1.165, 1.54) is 0 Å². The summed E-state index contributed by atoms with van der Waals surface area (Å²) in [4.78, 5) is 0. The molecule has 24 heavy (non-hydrogen) atoms. The Morgan fingerprint density at radius 1 is 1.21 bits per heavy atom. The minimum atomic E-state index is -3.14. The maximum atomic E-state index is 13.4. The molecular weight excluding hydrogens is 323 g/mol. The van der Waals surface area contributed by atoms with Gasteiger partial charge >= 0.3 is 7.67 Å². The SMILES string of the molecule is COc1ccccc1CN1CCCOP1(=O)Nc1ccccc1C. The number of hydrogen-bond acceptors (Lipinski definition) is 3. The van der Waals surface area contributed by atoms with Gasteiger partial charge in [-0.1, -0.05) is 36.4 Å². The normalized spacial score (nSPS) is 21.4. The molecule has 0 aromatic heterocycles. The lowest BCUT2D eigenvalue weighted by Gasteiger charge is -2.35. The van der Waals surface area contributed by atoms with Crippen molar-refractivity contribution < 1.29 is 13.8 Å². The number of nitrogens with zero attached hydrogens (tertiary/aromatic N) is 1. The van der Waals surface area contributed by atoms with Gasteiger partial charge in [-0.05, 0) is 31.0 Å². The molecule has 0 amide bonds. The van der Waals surface area contributed by atoms with E-state index in [-0.39, 0.29) is 0 Å². The summed E-state index contributed by atoms with van der Waals surface area (Å²) in [5.41, 5.74) is 2.88. The molecule has 0 aliphatic carbocycles. The van der Waals surface area contributed by atoms with Crippen LogP contribution >= 0.6 is 7.67 Å². The number of ether oxygens (including phenoxy) is 1. The van der Waals surface area contributed by atoms with Crippen LogP contribution in [0, 0.1) is 6.92 Å². The van der Waals surface area contributed by atoms with Crippen LogP contribution in [0.15, 0.2) is 48.5 Å². The zero-order valence-corrected chi connectivity index (χ0v) is 15.0. The fraction of sp³-hybridized carbons (Fsp3) is 0.333. The Morgan fingerprint density at radius 3 is 2.75 bits per heavy atom. The van der Waals surface area contributed by atoms with Crippen LogP contribution in [0.5, 0.6) is 5.75 Å². The number of para-hydroxylation sites is 2. The Morgan fingerprint density at radius 2 is 1.96 bits per heavy atom. The van der Waals surface area contributed by atoms with Crippen LogP contribution in [0.25, 0.3) is 0 Å². The quantitative estimate of drug-likeness (QED) is 0.811. The predicted octanol–water partition coefficient (Wildman–Crippen LogP) is 4.45. The third-order valence-corrected chi connectivity index (χ3v) is 6.29. The summed E-state index contributed by atoms with van der Waals surface area (Å²) >= 11 is 0. The summed E-state index contributed by atoms with van der Waals surface area (Å²) in [5.74, 6) is 0.797. The van der Waals surface area contributed by atoms with E-state index >= 15 is 0 Å². The van der Waals surface area contributed by atoms with Crippen molar-refractivity contribution in [2.45, 2.75) is 19.9 Å². The van der Waals surface area contributed by atoms with E-state index < -0.39 is 7.67 Å². The number of nitrogens with one attached hydrogen (secondary N) is 1. The fourth-order valence-electron chi connectivity index (χ4n) is 2.80. The van der Waals surface area contributed by atoms with Gasteiger partial charge in [0.15, 0.2) is 0 Å². The molecule has 6 heteroatoms. The lowest BCUT2D eigenvalue weighted by Crippen LogP contribution is -2.31. The lowest BCUT2D eigenvalue weighted by molar-refractivity contribution is 0.205. The fourth-order valence-corrected chi connectivity index (χ4v) is 4.85. The van der Waals surface area contributed by atoms with Crippen LogP contribution < -0.4 is 9.82 Å². The molecule has 1 aliphatic heterocycles. The van der Waals surface area contributed by atoms with Crippen molar-refractivity contribution >= 4 is 13.4 Å². The number of aryl methyl sites for hydroxylation is 1. The Hall–Kier alpha value is -1.81. The monoisotopic (exact) mass is 346 g/mol. The van der Waals surface area contributed by atoms with Crippen molar-refractivity contribution in [3.05, 3.63) is 59.7 Å². The van der Waals surface area contributed by atoms with Crippen LogP contribution in [0.1, 0.15) is 17.5 Å². The molecule has 2 aromatic carbocycles. The molecular formula is C18H23N2O3P. The smallest absolute Gasteiger partial charge is 0.368 e. The van der Waals surface area contributed by atoms with E-state index in [0.29, 0.717) is 19.7 Å². The van der Waals surface area contributed by atoms with E-state index in [0.717, 1.165) is 29.0 Å². The van der Waals surface area contributed by atoms with Gasteiger partial charge < -0.3 is 14.3 Å². The molecule has 1 atom stereocenters. The van der Waals surface area contributed by atoms with Gasteiger partial charge in [0.1, 0.15) is 5.75 Å². The first-order valence-corrected chi connectivity index (χ1v) is 9.66. The van der Waals surface area contributed by atoms with Crippen molar-refractivity contribution in [2.75, 3.05) is 25.3 Å². The van der Waals surface area contributed by atoms with Crippen LogP contribution in [0.4, 0.5) is 5.69 Å². The van der Waals surface area contributed by atoms with Crippen molar-refractivity contribution in [2.24, 2.45) is 0 Å². The predicted molar refractivity (Wildman–Crippen MR) is 96.4 cm³/mol. The highest BCUT2D eigenvalue weighted by molar-refractivity contribution is 7.58. The van der Waals surface area contributed by atoms with Crippen LogP contribution in [0.2, 0.25) is 0 Å². The molecule has 3 rings (SSSR count). The van der Waals surface area contributed by atoms with Crippen molar-refractivity contribution in [1.29, 1.82) is 0 Å². The van der Waals surface area contributed by atoms with Gasteiger partial charge in [0.05, 0.1) is 13.7 Å². The largest absolute Gasteiger partial charge is 0.496 e. The topological polar surface area (TPSA) is 50.8 Å². The summed E-state index contributed by atoms with van der Waals surface area (Å²) in [5, 5.41) is 3.15. The molecule has 0 bridgehead atoms. The highest BCUT2D eigenvalue weighted by Crippen LogP contribution is 2.54. The van der Waals surface area contributed by atoms with Gasteiger partial charge in [-0.15, -0.1) is 0 Å². The number of rotatable bonds is 5. The maximum absolute atomic E-state index is 13.4. The molecule has 1 heterocycles. The Balaban J connectivity index is 1.85. The van der Waals surface area contributed by atoms with Crippen LogP contribution in [0.3, 0.4) is 0 Å². The van der Waals surface area contributed by atoms with Crippen molar-refractivity contribution in [3.8, 4) is 5.75 Å². The lowest BCUT2D eigenvalue weighted by atomic mass is 10.2. The average molecular weight is 346 g/mol. The molecule has 1 saturated heterocycles. The molecule has 0 spiro atoms. The number of hydrogen-bond donors (Lipinski definition) is 1. The van der Waals surface area contributed by atoms with E-state index in [4.69, 9.17) is 9.26 Å². The van der Waals surface area contributed by atoms with E-state index in [2.05, 4.69) is 5.09 Å². The first kappa shape index (κ1) is 17.0. The Kier molecular flexibility index (Phi) is 5.24. The second-order valence-electron chi connectivity index (χ2n) is 5.83. The molecule has 1 N–H and O–H groups in total. The zero-order valence-electron chi connectivity index (χ0n) is 14.1. The Labute approximate surface area is 143 Å². The van der Waals surface area contributed by atoms with Gasteiger partial charge in [-0.25, -0.2) is 9.24 Å². The molecule has 0 radical (unpaired) electrons. The zero-order chi connectivity index (χ0) is 17.0. The van der Waals surface area contributed by atoms with E-state index in [1.807, 2.05) is 60.1 Å². The molecule has 2 aromatic rings. The third-order valence-electron chi connectivity index (χ3n) is 4.15. The van der Waals surface area contributed by atoms with E-state index in [9.17, 15) is 4.57 Å². The first-order chi connectivity index (χ1) is 11.6. The van der Waals surface area contributed by atoms with Crippen molar-refractivity contribution in [3.63, 3.8) is 0 Å². The maximum Gasteiger partial charge on any atom is 0.368 e. The molecule has 1 unspecified atom stereocenters. The summed E-state index contributed by atoms with van der Waals surface area (Å²) in [6, 6.07) is 15.6. The van der Waals surface area contributed by atoms with Crippen molar-refractivity contribution in [1.82, 2.24) is 4.67 Å². The summed E-state index contributed by atoms with van der Waals surface area (Å²) < 4.78 is 26.5. The summed E-state index contributed by atoms with van der Waals surface area (Å²) in [6.07, 6.45) is 0.856. The standard InChI is InChI=1S/C18H23N2O3P/c1-15-8-3-5-10-17(15)19-24(21)20(12-7-13-23-24)14-16-9-4-6-11-18(16)22-2/h3-6,8-11H,7,12-14H2,1-2H3,(H,19,21). The average Bonchev–Trinajstić information content (AvgIpc) is 2.59. The minimum absolute atomic E-state index is 0.499. The second-order valence-corrected chi connectivity index (χ2v) is 7.92. The minimum Gasteiger partial charge on any atom is -0.496 e. The number of benzene rings is 2. The van der Waals surface area contributed by atoms with Gasteiger partial charge in [-0.3, -0.25) is 0 Å². The van der Waals surface area contributed by atoms with Gasteiger partial charge in [0.2, 0.25) is 0 Å². The summed E-state index contributed by atoms with van der Waals surface area (Å²) in [7, 11) is -1.49. The summed E-state index contributed by atoms with van der Waals surface area (Å²) in [6.45, 7) is 3.72. The highest BCUT2D eigenvalue weighted by atomic mass is 31.2. The first-order valence-electron chi connectivity index (χ1n) is 8.08. The third kappa shape index (κ3) is 3.64.